The molecule has 0 radical (unpaired) electrons. The molecule has 4 unspecified atom stereocenters. The predicted molar refractivity (Wildman–Crippen MR) is 76.7 cm³/mol. The van der Waals surface area contributed by atoms with Gasteiger partial charge < -0.3 is 10.4 Å². The van der Waals surface area contributed by atoms with Crippen LogP contribution in [0.15, 0.2) is 24.3 Å². The number of nitrogens with zero attached hydrogens (tertiary/aromatic N) is 3. The number of aromatic nitrogens is 3. The SMILES string of the molecule is O=C(O)C1C2CCC(C2)C1Nc1nnc2ccccc2n1. The summed E-state index contributed by atoms with van der Waals surface area (Å²) in [6.07, 6.45) is 3.11. The van der Waals surface area contributed by atoms with E-state index in [1.807, 2.05) is 24.3 Å². The largest absolute Gasteiger partial charge is 0.481 e. The maximum absolute atomic E-state index is 11.5. The van der Waals surface area contributed by atoms with Crippen LogP contribution in [0.5, 0.6) is 0 Å². The highest BCUT2D eigenvalue weighted by Crippen LogP contribution is 2.49. The molecule has 4 atom stereocenters. The standard InChI is InChI=1S/C15H16N4O2/c20-14(21)12-8-5-6-9(7-8)13(12)17-15-16-10-3-1-2-4-11(10)18-19-15/h1-4,8-9,12-13H,5-7H2,(H,20,21)(H,16,17,19). The first-order valence-corrected chi connectivity index (χ1v) is 7.31. The third kappa shape index (κ3) is 2.02. The zero-order valence-corrected chi connectivity index (χ0v) is 11.4. The lowest BCUT2D eigenvalue weighted by Gasteiger charge is -2.28. The number of carbonyl (C=O) groups is 1. The molecule has 2 aromatic rings. The Morgan fingerprint density at radius 1 is 1.14 bits per heavy atom. The summed E-state index contributed by atoms with van der Waals surface area (Å²) < 4.78 is 0. The van der Waals surface area contributed by atoms with Crippen molar-refractivity contribution in [3.05, 3.63) is 24.3 Å². The maximum Gasteiger partial charge on any atom is 0.308 e. The summed E-state index contributed by atoms with van der Waals surface area (Å²) in [5.41, 5.74) is 1.51. The molecule has 6 heteroatoms. The topological polar surface area (TPSA) is 88.0 Å². The molecular formula is C15H16N4O2. The number of carboxylic acids is 1. The van der Waals surface area contributed by atoms with Crippen LogP contribution in [-0.4, -0.2) is 32.3 Å². The number of hydrogen-bond donors (Lipinski definition) is 2. The number of nitrogens with one attached hydrogen (secondary N) is 1. The van der Waals surface area contributed by atoms with E-state index in [1.54, 1.807) is 0 Å². The van der Waals surface area contributed by atoms with E-state index in [-0.39, 0.29) is 12.0 Å². The maximum atomic E-state index is 11.5. The van der Waals surface area contributed by atoms with Crippen molar-refractivity contribution in [2.24, 2.45) is 17.8 Å². The minimum Gasteiger partial charge on any atom is -0.481 e. The van der Waals surface area contributed by atoms with Crippen LogP contribution < -0.4 is 5.32 Å². The lowest BCUT2D eigenvalue weighted by molar-refractivity contribution is -0.143. The number of carboxylic acid groups (broad SMARTS) is 1. The summed E-state index contributed by atoms with van der Waals surface area (Å²) in [4.78, 5) is 15.9. The highest BCUT2D eigenvalue weighted by molar-refractivity contribution is 5.75. The predicted octanol–water partition coefficient (Wildman–Crippen LogP) is 1.94. The summed E-state index contributed by atoms with van der Waals surface area (Å²) in [7, 11) is 0. The van der Waals surface area contributed by atoms with E-state index in [4.69, 9.17) is 0 Å². The third-order valence-corrected chi connectivity index (χ3v) is 4.86. The van der Waals surface area contributed by atoms with E-state index < -0.39 is 5.97 Å². The van der Waals surface area contributed by atoms with E-state index in [2.05, 4.69) is 20.5 Å². The van der Waals surface area contributed by atoms with Crippen LogP contribution in [0.25, 0.3) is 11.0 Å². The van der Waals surface area contributed by atoms with E-state index in [0.717, 1.165) is 30.3 Å². The lowest BCUT2D eigenvalue weighted by Crippen LogP contribution is -2.39. The average Bonchev–Trinajstić information content (AvgIpc) is 3.08. The summed E-state index contributed by atoms with van der Waals surface area (Å²) in [6.45, 7) is 0. The summed E-state index contributed by atoms with van der Waals surface area (Å²) in [5, 5.41) is 20.9. The normalized spacial score (nSPS) is 30.7. The van der Waals surface area contributed by atoms with E-state index in [0.29, 0.717) is 17.8 Å². The van der Waals surface area contributed by atoms with E-state index >= 15 is 0 Å². The van der Waals surface area contributed by atoms with Crippen molar-refractivity contribution in [2.45, 2.75) is 25.3 Å². The van der Waals surface area contributed by atoms with Crippen LogP contribution in [0.2, 0.25) is 0 Å². The van der Waals surface area contributed by atoms with Crippen LogP contribution in [0, 0.1) is 17.8 Å². The first-order valence-electron chi connectivity index (χ1n) is 7.31. The molecule has 0 spiro atoms. The van der Waals surface area contributed by atoms with Gasteiger partial charge in [-0.1, -0.05) is 12.1 Å². The van der Waals surface area contributed by atoms with Gasteiger partial charge in [-0.15, -0.1) is 10.2 Å². The Labute approximate surface area is 121 Å². The Bertz CT molecular complexity index is 705. The number of anilines is 1. The van der Waals surface area contributed by atoms with Gasteiger partial charge in [0.1, 0.15) is 5.52 Å². The van der Waals surface area contributed by atoms with Gasteiger partial charge in [-0.3, -0.25) is 4.79 Å². The highest BCUT2D eigenvalue weighted by Gasteiger charge is 2.51. The summed E-state index contributed by atoms with van der Waals surface area (Å²) in [6, 6.07) is 7.45. The quantitative estimate of drug-likeness (QED) is 0.895. The average molecular weight is 284 g/mol. The fourth-order valence-corrected chi connectivity index (χ4v) is 3.95. The second-order valence-electron chi connectivity index (χ2n) is 5.99. The summed E-state index contributed by atoms with van der Waals surface area (Å²) in [5.74, 6) is 0.0781. The van der Waals surface area contributed by atoms with Gasteiger partial charge >= 0.3 is 5.97 Å². The molecule has 1 aromatic heterocycles. The van der Waals surface area contributed by atoms with Gasteiger partial charge in [-0.2, -0.15) is 0 Å². The Kier molecular flexibility index (Phi) is 2.77. The van der Waals surface area contributed by atoms with Crippen molar-refractivity contribution in [1.29, 1.82) is 0 Å². The van der Waals surface area contributed by atoms with Gasteiger partial charge in [0.15, 0.2) is 0 Å². The smallest absolute Gasteiger partial charge is 0.308 e. The molecule has 21 heavy (non-hydrogen) atoms. The van der Waals surface area contributed by atoms with Crippen LogP contribution in [-0.2, 0) is 4.79 Å². The molecule has 0 aliphatic heterocycles. The van der Waals surface area contributed by atoms with Gasteiger partial charge in [0.25, 0.3) is 0 Å². The molecule has 2 aliphatic carbocycles. The Balaban J connectivity index is 1.63. The van der Waals surface area contributed by atoms with E-state index in [1.165, 1.54) is 0 Å². The van der Waals surface area contributed by atoms with Crippen LogP contribution in [0.1, 0.15) is 19.3 Å². The fourth-order valence-electron chi connectivity index (χ4n) is 3.95. The fraction of sp³-hybridized carbons (Fsp3) is 0.467. The van der Waals surface area contributed by atoms with Crippen molar-refractivity contribution in [3.8, 4) is 0 Å². The second-order valence-corrected chi connectivity index (χ2v) is 5.99. The number of fused-ring (bicyclic) bond motifs is 3. The Hall–Kier alpha value is -2.24. The van der Waals surface area contributed by atoms with Crippen LogP contribution in [0.3, 0.4) is 0 Å². The summed E-state index contributed by atoms with van der Waals surface area (Å²) >= 11 is 0. The highest BCUT2D eigenvalue weighted by atomic mass is 16.4. The zero-order valence-electron chi connectivity index (χ0n) is 11.4. The molecule has 2 bridgehead atoms. The molecule has 1 heterocycles. The molecule has 0 amide bonds. The minimum absolute atomic E-state index is 0.0794. The molecule has 2 N–H and O–H groups in total. The van der Waals surface area contributed by atoms with Crippen LogP contribution in [0.4, 0.5) is 5.95 Å². The third-order valence-electron chi connectivity index (χ3n) is 4.86. The lowest BCUT2D eigenvalue weighted by atomic mass is 9.84. The Morgan fingerprint density at radius 3 is 2.71 bits per heavy atom. The number of rotatable bonds is 3. The Morgan fingerprint density at radius 2 is 1.90 bits per heavy atom. The minimum atomic E-state index is -0.714. The van der Waals surface area contributed by atoms with Gasteiger partial charge in [0.2, 0.25) is 5.95 Å². The van der Waals surface area contributed by atoms with E-state index in [9.17, 15) is 9.90 Å². The first kappa shape index (κ1) is 12.5. The number of benzene rings is 1. The molecule has 2 saturated carbocycles. The first-order chi connectivity index (χ1) is 10.2. The zero-order chi connectivity index (χ0) is 14.4. The van der Waals surface area contributed by atoms with Crippen molar-refractivity contribution in [3.63, 3.8) is 0 Å². The van der Waals surface area contributed by atoms with Crippen molar-refractivity contribution < 1.29 is 9.90 Å². The number of aliphatic carboxylic acids is 1. The molecule has 2 aliphatic rings. The molecule has 108 valence electrons. The second kappa shape index (κ2) is 4.65. The van der Waals surface area contributed by atoms with Crippen molar-refractivity contribution in [1.82, 2.24) is 15.2 Å². The van der Waals surface area contributed by atoms with Crippen LogP contribution >= 0.6 is 0 Å². The molecular weight excluding hydrogens is 268 g/mol. The molecule has 1 aromatic carbocycles. The molecule has 2 fully saturated rings. The van der Waals surface area contributed by atoms with Crippen molar-refractivity contribution in [2.75, 3.05) is 5.32 Å². The molecule has 4 rings (SSSR count). The van der Waals surface area contributed by atoms with Gasteiger partial charge in [-0.05, 0) is 43.2 Å². The van der Waals surface area contributed by atoms with Crippen molar-refractivity contribution >= 4 is 23.0 Å². The molecule has 6 nitrogen and oxygen atoms in total. The molecule has 0 saturated heterocycles. The van der Waals surface area contributed by atoms with Gasteiger partial charge in [-0.25, -0.2) is 4.98 Å². The monoisotopic (exact) mass is 284 g/mol. The van der Waals surface area contributed by atoms with Gasteiger partial charge in [0.05, 0.1) is 11.4 Å². The number of hydrogen-bond acceptors (Lipinski definition) is 5. The number of para-hydroxylation sites is 1. The van der Waals surface area contributed by atoms with Gasteiger partial charge in [0, 0.05) is 6.04 Å².